The fourth-order valence-corrected chi connectivity index (χ4v) is 2.38. The molecule has 0 saturated carbocycles. The smallest absolute Gasteiger partial charge is 0.152 e. The molecule has 94 valence electrons. The molecule has 0 spiro atoms. The van der Waals surface area contributed by atoms with Gasteiger partial charge in [-0.15, -0.1) is 0 Å². The number of nitrogens with zero attached hydrogens (tertiary/aromatic N) is 3. The Morgan fingerprint density at radius 1 is 1.41 bits per heavy atom. The van der Waals surface area contributed by atoms with Crippen molar-refractivity contribution in [3.63, 3.8) is 0 Å². The zero-order valence-electron chi connectivity index (χ0n) is 11.0. The van der Waals surface area contributed by atoms with E-state index in [-0.39, 0.29) is 0 Å². The normalized spacial score (nSPS) is 20.9. The molecule has 1 unspecified atom stereocenters. The number of rotatable bonds is 2. The monoisotopic (exact) mass is 234 g/mol. The summed E-state index contributed by atoms with van der Waals surface area (Å²) in [6.07, 6.45) is 2.47. The highest BCUT2D eigenvalue weighted by Gasteiger charge is 2.23. The van der Waals surface area contributed by atoms with Gasteiger partial charge in [0.15, 0.2) is 5.82 Å². The van der Waals surface area contributed by atoms with E-state index in [0.717, 1.165) is 30.3 Å². The highest BCUT2D eigenvalue weighted by atomic mass is 15.2. The molecular formula is C13H22N4. The van der Waals surface area contributed by atoms with Gasteiger partial charge in [-0.2, -0.15) is 0 Å². The molecule has 1 saturated heterocycles. The summed E-state index contributed by atoms with van der Waals surface area (Å²) in [5.41, 5.74) is 7.84. The number of nitrogens with two attached hydrogens (primary N) is 1. The second-order valence-electron chi connectivity index (χ2n) is 5.07. The molecule has 0 aliphatic carbocycles. The molecular weight excluding hydrogens is 212 g/mol. The molecule has 17 heavy (non-hydrogen) atoms. The maximum absolute atomic E-state index is 6.02. The Balaban J connectivity index is 2.18. The molecule has 1 aliphatic rings. The lowest BCUT2D eigenvalue weighted by Gasteiger charge is -2.37. The lowest BCUT2D eigenvalue weighted by Crippen LogP contribution is -2.45. The molecule has 1 fully saturated rings. The minimum Gasteiger partial charge on any atom is -0.396 e. The van der Waals surface area contributed by atoms with Crippen LogP contribution in [0.5, 0.6) is 0 Å². The molecule has 1 aliphatic heterocycles. The van der Waals surface area contributed by atoms with Crippen molar-refractivity contribution < 1.29 is 0 Å². The second-order valence-corrected chi connectivity index (χ2v) is 5.07. The number of likely N-dealkylation sites (N-methyl/N-ethyl adjacent to an activating group) is 1. The lowest BCUT2D eigenvalue weighted by atomic mass is 10.0. The number of hydrogen-bond acceptors (Lipinski definition) is 4. The van der Waals surface area contributed by atoms with Crippen LogP contribution in [0.4, 0.5) is 11.5 Å². The molecule has 0 bridgehead atoms. The van der Waals surface area contributed by atoms with Crippen molar-refractivity contribution in [3.8, 4) is 0 Å². The summed E-state index contributed by atoms with van der Waals surface area (Å²) < 4.78 is 0. The summed E-state index contributed by atoms with van der Waals surface area (Å²) in [5.74, 6) is 0.955. The van der Waals surface area contributed by atoms with Crippen molar-refractivity contribution in [1.29, 1.82) is 0 Å². The first kappa shape index (κ1) is 12.2. The molecule has 4 heteroatoms. The number of aryl methyl sites for hydroxylation is 1. The van der Waals surface area contributed by atoms with E-state index in [4.69, 9.17) is 5.73 Å². The van der Waals surface area contributed by atoms with Crippen molar-refractivity contribution in [2.45, 2.75) is 25.8 Å². The molecule has 0 amide bonds. The third kappa shape index (κ3) is 2.69. The zero-order valence-corrected chi connectivity index (χ0v) is 11.0. The van der Waals surface area contributed by atoms with Crippen molar-refractivity contribution in [3.05, 3.63) is 17.8 Å². The second kappa shape index (κ2) is 4.92. The Morgan fingerprint density at radius 3 is 2.88 bits per heavy atom. The highest BCUT2D eigenvalue weighted by Crippen LogP contribution is 2.25. The predicted octanol–water partition coefficient (Wildman–Crippen LogP) is 1.50. The zero-order chi connectivity index (χ0) is 12.4. The minimum absolute atomic E-state index is 0.602. The van der Waals surface area contributed by atoms with Crippen molar-refractivity contribution in [1.82, 2.24) is 9.88 Å². The van der Waals surface area contributed by atoms with Gasteiger partial charge in [0.1, 0.15) is 0 Å². The Bertz CT molecular complexity index is 389. The Morgan fingerprint density at radius 2 is 2.18 bits per heavy atom. The van der Waals surface area contributed by atoms with Gasteiger partial charge in [0.05, 0.1) is 5.69 Å². The molecule has 2 heterocycles. The standard InChI is InChI=1S/C13H22N4/c1-10-6-7-12(14)13(15-10)17-8-4-5-11(9-17)16(2)3/h6-7,11H,4-5,8-9,14H2,1-3H3. The Hall–Kier alpha value is -1.29. The summed E-state index contributed by atoms with van der Waals surface area (Å²) in [4.78, 5) is 9.18. The molecule has 2 N–H and O–H groups in total. The van der Waals surface area contributed by atoms with Gasteiger partial charge in [0.2, 0.25) is 0 Å². The summed E-state index contributed by atoms with van der Waals surface area (Å²) in [7, 11) is 4.28. The van der Waals surface area contributed by atoms with Crippen LogP contribution in [0.1, 0.15) is 18.5 Å². The van der Waals surface area contributed by atoms with Gasteiger partial charge >= 0.3 is 0 Å². The first-order valence-electron chi connectivity index (χ1n) is 6.22. The van der Waals surface area contributed by atoms with E-state index < -0.39 is 0 Å². The average molecular weight is 234 g/mol. The van der Waals surface area contributed by atoms with Crippen LogP contribution in [-0.4, -0.2) is 43.1 Å². The van der Waals surface area contributed by atoms with Gasteiger partial charge in [0, 0.05) is 24.8 Å². The molecule has 2 rings (SSSR count). The van der Waals surface area contributed by atoms with E-state index in [2.05, 4.69) is 28.9 Å². The maximum atomic E-state index is 6.02. The number of aromatic nitrogens is 1. The van der Waals surface area contributed by atoms with Crippen molar-refractivity contribution in [2.24, 2.45) is 0 Å². The predicted molar refractivity (Wildman–Crippen MR) is 72.3 cm³/mol. The molecule has 4 nitrogen and oxygen atoms in total. The Kier molecular flexibility index (Phi) is 3.52. The summed E-state index contributed by atoms with van der Waals surface area (Å²) in [6.45, 7) is 4.09. The van der Waals surface area contributed by atoms with Crippen LogP contribution in [0, 0.1) is 6.92 Å². The number of hydrogen-bond donors (Lipinski definition) is 1. The van der Waals surface area contributed by atoms with E-state index >= 15 is 0 Å². The van der Waals surface area contributed by atoms with Gasteiger partial charge < -0.3 is 15.5 Å². The van der Waals surface area contributed by atoms with Crippen LogP contribution >= 0.6 is 0 Å². The number of nitrogen functional groups attached to an aromatic ring is 1. The average Bonchev–Trinajstić information content (AvgIpc) is 2.32. The fraction of sp³-hybridized carbons (Fsp3) is 0.615. The fourth-order valence-electron chi connectivity index (χ4n) is 2.38. The van der Waals surface area contributed by atoms with Crippen molar-refractivity contribution >= 4 is 11.5 Å². The van der Waals surface area contributed by atoms with Gasteiger partial charge in [-0.05, 0) is 46.0 Å². The van der Waals surface area contributed by atoms with Gasteiger partial charge in [-0.25, -0.2) is 4.98 Å². The van der Waals surface area contributed by atoms with Crippen LogP contribution in [-0.2, 0) is 0 Å². The van der Waals surface area contributed by atoms with Crippen molar-refractivity contribution in [2.75, 3.05) is 37.8 Å². The van der Waals surface area contributed by atoms with E-state index in [1.54, 1.807) is 0 Å². The lowest BCUT2D eigenvalue weighted by molar-refractivity contribution is 0.257. The van der Waals surface area contributed by atoms with Crippen LogP contribution in [0.25, 0.3) is 0 Å². The van der Waals surface area contributed by atoms with Gasteiger partial charge in [-0.1, -0.05) is 0 Å². The SMILES string of the molecule is Cc1ccc(N)c(N2CCCC(N(C)C)C2)n1. The number of anilines is 2. The van der Waals surface area contributed by atoms with Crippen LogP contribution < -0.4 is 10.6 Å². The summed E-state index contributed by atoms with van der Waals surface area (Å²) >= 11 is 0. The topological polar surface area (TPSA) is 45.4 Å². The first-order valence-corrected chi connectivity index (χ1v) is 6.22. The molecule has 1 aromatic rings. The van der Waals surface area contributed by atoms with E-state index in [1.807, 2.05) is 19.1 Å². The largest absolute Gasteiger partial charge is 0.396 e. The molecule has 0 aromatic carbocycles. The quantitative estimate of drug-likeness (QED) is 0.842. The highest BCUT2D eigenvalue weighted by molar-refractivity contribution is 5.63. The van der Waals surface area contributed by atoms with Crippen LogP contribution in [0.15, 0.2) is 12.1 Å². The van der Waals surface area contributed by atoms with Gasteiger partial charge in [0.25, 0.3) is 0 Å². The summed E-state index contributed by atoms with van der Waals surface area (Å²) in [5, 5.41) is 0. The third-order valence-electron chi connectivity index (χ3n) is 3.47. The number of piperidine rings is 1. The van der Waals surface area contributed by atoms with E-state index in [9.17, 15) is 0 Å². The summed E-state index contributed by atoms with van der Waals surface area (Å²) in [6, 6.07) is 4.52. The number of pyridine rings is 1. The minimum atomic E-state index is 0.602. The maximum Gasteiger partial charge on any atom is 0.152 e. The third-order valence-corrected chi connectivity index (χ3v) is 3.47. The van der Waals surface area contributed by atoms with E-state index in [0.29, 0.717) is 6.04 Å². The van der Waals surface area contributed by atoms with Crippen LogP contribution in [0.3, 0.4) is 0 Å². The van der Waals surface area contributed by atoms with Crippen LogP contribution in [0.2, 0.25) is 0 Å². The first-order chi connectivity index (χ1) is 8.08. The van der Waals surface area contributed by atoms with E-state index in [1.165, 1.54) is 12.8 Å². The molecule has 1 aromatic heterocycles. The Labute approximate surface area is 103 Å². The molecule has 1 atom stereocenters. The molecule has 0 radical (unpaired) electrons. The van der Waals surface area contributed by atoms with Gasteiger partial charge in [-0.3, -0.25) is 0 Å².